The lowest BCUT2D eigenvalue weighted by Gasteiger charge is -2.08. The Morgan fingerprint density at radius 1 is 0.547 bits per heavy atom. The molecular weight excluding hydrogens is 672 g/mol. The molecule has 0 heterocycles. The molecule has 0 aliphatic carbocycles. The Morgan fingerprint density at radius 3 is 1.40 bits per heavy atom. The first-order valence-corrected chi connectivity index (χ1v) is 19.1. The van der Waals surface area contributed by atoms with Crippen LogP contribution in [0.1, 0.15) is 119 Å². The topological polar surface area (TPSA) is 118 Å². The van der Waals surface area contributed by atoms with Crippen LogP contribution >= 0.6 is 0 Å². The largest absolute Gasteiger partial charge is 0.494 e. The van der Waals surface area contributed by atoms with Crippen molar-refractivity contribution < 1.29 is 43.2 Å². The van der Waals surface area contributed by atoms with E-state index in [-0.39, 0.29) is 12.6 Å². The highest BCUT2D eigenvalue weighted by Crippen LogP contribution is 2.20. The van der Waals surface area contributed by atoms with E-state index in [9.17, 15) is 14.4 Å². The predicted octanol–water partition coefficient (Wildman–Crippen LogP) is 10.2. The molecule has 0 amide bonds. The zero-order valence-corrected chi connectivity index (χ0v) is 31.9. The second-order valence-electron chi connectivity index (χ2n) is 12.9. The number of esters is 3. The Hall–Kier alpha value is -4.63. The van der Waals surface area contributed by atoms with Crippen molar-refractivity contribution >= 4 is 17.9 Å². The van der Waals surface area contributed by atoms with Crippen molar-refractivity contribution in [3.8, 4) is 23.0 Å². The maximum atomic E-state index is 12.2. The third-order valence-electron chi connectivity index (χ3n) is 8.20. The molecule has 3 rings (SSSR count). The van der Waals surface area contributed by atoms with Gasteiger partial charge in [-0.25, -0.2) is 9.59 Å². The van der Waals surface area contributed by atoms with E-state index >= 15 is 0 Å². The Balaban J connectivity index is 0.000000374. The molecule has 0 fully saturated rings. The summed E-state index contributed by atoms with van der Waals surface area (Å²) in [5, 5.41) is 8.73. The fourth-order valence-corrected chi connectivity index (χ4v) is 5.20. The fraction of sp³-hybridized carbons (Fsp3) is 0.477. The first kappa shape index (κ1) is 44.5. The van der Waals surface area contributed by atoms with Gasteiger partial charge < -0.3 is 28.8 Å². The van der Waals surface area contributed by atoms with Gasteiger partial charge in [-0.3, -0.25) is 4.79 Å². The van der Waals surface area contributed by atoms with Crippen LogP contribution in [0.2, 0.25) is 0 Å². The molecule has 0 saturated carbocycles. The van der Waals surface area contributed by atoms with Gasteiger partial charge in [0.25, 0.3) is 0 Å². The third kappa shape index (κ3) is 22.8. The van der Waals surface area contributed by atoms with Crippen molar-refractivity contribution in [3.63, 3.8) is 0 Å². The van der Waals surface area contributed by atoms with Gasteiger partial charge in [0.2, 0.25) is 0 Å². The molecule has 3 aromatic carbocycles. The smallest absolute Gasteiger partial charge is 0.343 e. The van der Waals surface area contributed by atoms with Gasteiger partial charge in [0, 0.05) is 19.6 Å². The summed E-state index contributed by atoms with van der Waals surface area (Å²) in [5.41, 5.74) is 1.69. The molecule has 53 heavy (non-hydrogen) atoms. The van der Waals surface area contributed by atoms with Crippen LogP contribution < -0.4 is 18.9 Å². The number of aliphatic hydroxyl groups excluding tert-OH is 1. The summed E-state index contributed by atoms with van der Waals surface area (Å²) in [6.45, 7) is 9.02. The van der Waals surface area contributed by atoms with E-state index in [1.807, 2.05) is 12.1 Å². The van der Waals surface area contributed by atoms with Gasteiger partial charge >= 0.3 is 17.9 Å². The van der Waals surface area contributed by atoms with Crippen LogP contribution in [0.5, 0.6) is 23.0 Å². The molecule has 9 heteroatoms. The zero-order chi connectivity index (χ0) is 38.4. The zero-order valence-electron chi connectivity index (χ0n) is 31.9. The number of aliphatic hydroxyl groups is 1. The Labute approximate surface area is 316 Å². The van der Waals surface area contributed by atoms with Gasteiger partial charge in [0.1, 0.15) is 23.0 Å². The molecule has 0 bridgehead atoms. The van der Waals surface area contributed by atoms with Crippen LogP contribution in [0.3, 0.4) is 0 Å². The highest BCUT2D eigenvalue weighted by Gasteiger charge is 2.09. The quantitative estimate of drug-likeness (QED) is 0.0372. The van der Waals surface area contributed by atoms with Crippen molar-refractivity contribution in [1.29, 1.82) is 0 Å². The Kier molecular flexibility index (Phi) is 24.3. The Bertz CT molecular complexity index is 1420. The maximum Gasteiger partial charge on any atom is 0.343 e. The van der Waals surface area contributed by atoms with Gasteiger partial charge in [0.15, 0.2) is 0 Å². The highest BCUT2D eigenvalue weighted by atomic mass is 16.5. The number of hydrogen-bond donors (Lipinski definition) is 1. The minimum atomic E-state index is -0.473. The van der Waals surface area contributed by atoms with Crippen LogP contribution in [0.25, 0.3) is 0 Å². The van der Waals surface area contributed by atoms with Gasteiger partial charge in [0.05, 0.1) is 25.4 Å². The molecule has 0 radical (unpaired) electrons. The lowest BCUT2D eigenvalue weighted by atomic mass is 10.1. The van der Waals surface area contributed by atoms with Crippen molar-refractivity contribution in [3.05, 3.63) is 96.6 Å². The number of aryl methyl sites for hydroxylation is 1. The molecule has 0 unspecified atom stereocenters. The normalized spacial score (nSPS) is 10.4. The lowest BCUT2D eigenvalue weighted by molar-refractivity contribution is -0.138. The van der Waals surface area contributed by atoms with Gasteiger partial charge in [-0.15, -0.1) is 0 Å². The number of carbonyl (C=O) groups is 3. The lowest BCUT2D eigenvalue weighted by Crippen LogP contribution is -2.08. The van der Waals surface area contributed by atoms with Crippen molar-refractivity contribution in [2.75, 3.05) is 26.4 Å². The van der Waals surface area contributed by atoms with Gasteiger partial charge in [-0.2, -0.15) is 0 Å². The van der Waals surface area contributed by atoms with Crippen LogP contribution in [-0.4, -0.2) is 49.4 Å². The molecular formula is C44H60O9. The Morgan fingerprint density at radius 2 is 0.943 bits per heavy atom. The number of carbonyl (C=O) groups excluding carboxylic acids is 3. The average molecular weight is 733 g/mol. The van der Waals surface area contributed by atoms with Crippen LogP contribution in [-0.2, 0) is 14.3 Å². The molecule has 0 atom stereocenters. The molecule has 0 spiro atoms. The van der Waals surface area contributed by atoms with Crippen LogP contribution in [0.4, 0.5) is 0 Å². The van der Waals surface area contributed by atoms with Crippen LogP contribution in [0, 0.1) is 6.92 Å². The standard InChI is InChI=1S/C23H28O6.C21H32O3/c1-18(25)28-21-12-14-22(15-13-21)29-23(26)19-8-10-20(11-9-19)27-17-7-5-3-2-4-6-16-24;1-3-21(22)24-18-12-10-8-6-4-5-7-9-11-17-23-20-15-13-19(2)14-16-20/h8-15,24H,2-7,16-17H2,1H3;3,13-16H,1,4-12,17-18H2,2H3. The average Bonchev–Trinajstić information content (AvgIpc) is 3.16. The molecule has 0 saturated heterocycles. The van der Waals surface area contributed by atoms with Crippen LogP contribution in [0.15, 0.2) is 85.5 Å². The first-order chi connectivity index (χ1) is 25.8. The van der Waals surface area contributed by atoms with Crippen molar-refractivity contribution in [1.82, 2.24) is 0 Å². The highest BCUT2D eigenvalue weighted by molar-refractivity contribution is 5.91. The third-order valence-corrected chi connectivity index (χ3v) is 8.20. The van der Waals surface area contributed by atoms with E-state index in [4.69, 9.17) is 28.8 Å². The number of rotatable bonds is 26. The van der Waals surface area contributed by atoms with Crippen molar-refractivity contribution in [2.24, 2.45) is 0 Å². The van der Waals surface area contributed by atoms with Crippen molar-refractivity contribution in [2.45, 2.75) is 110 Å². The predicted molar refractivity (Wildman–Crippen MR) is 209 cm³/mol. The number of benzene rings is 3. The monoisotopic (exact) mass is 732 g/mol. The van der Waals surface area contributed by atoms with E-state index in [1.165, 1.54) is 57.1 Å². The molecule has 0 aliphatic rings. The summed E-state index contributed by atoms with van der Waals surface area (Å²) in [4.78, 5) is 34.0. The number of ether oxygens (including phenoxy) is 5. The van der Waals surface area contributed by atoms with Gasteiger partial charge in [-0.05, 0) is 93.3 Å². The number of unbranched alkanes of at least 4 members (excludes halogenated alkanes) is 13. The van der Waals surface area contributed by atoms with E-state index in [0.717, 1.165) is 70.1 Å². The fourth-order valence-electron chi connectivity index (χ4n) is 5.20. The van der Waals surface area contributed by atoms with E-state index in [0.29, 0.717) is 36.0 Å². The summed E-state index contributed by atoms with van der Waals surface area (Å²) in [6.07, 6.45) is 18.4. The number of hydrogen-bond acceptors (Lipinski definition) is 9. The molecule has 1 N–H and O–H groups in total. The minimum absolute atomic E-state index is 0.273. The first-order valence-electron chi connectivity index (χ1n) is 19.1. The SMILES string of the molecule is C=CC(=O)OCCCCCCCCCCCOc1ccc(C)cc1.CC(=O)Oc1ccc(OC(=O)c2ccc(OCCCCCCCCO)cc2)cc1. The molecule has 0 aromatic heterocycles. The molecule has 9 nitrogen and oxygen atoms in total. The second-order valence-corrected chi connectivity index (χ2v) is 12.9. The summed E-state index contributed by atoms with van der Waals surface area (Å²) >= 11 is 0. The summed E-state index contributed by atoms with van der Waals surface area (Å²) < 4.78 is 26.6. The second kappa shape index (κ2) is 28.9. The summed E-state index contributed by atoms with van der Waals surface area (Å²) in [6, 6.07) is 21.3. The summed E-state index contributed by atoms with van der Waals surface area (Å²) in [7, 11) is 0. The van der Waals surface area contributed by atoms with Gasteiger partial charge in [-0.1, -0.05) is 94.9 Å². The maximum absolute atomic E-state index is 12.2. The molecule has 3 aromatic rings. The molecule has 290 valence electrons. The van der Waals surface area contributed by atoms with E-state index in [2.05, 4.69) is 25.6 Å². The van der Waals surface area contributed by atoms with E-state index in [1.54, 1.807) is 48.5 Å². The molecule has 0 aliphatic heterocycles. The van der Waals surface area contributed by atoms with E-state index < -0.39 is 11.9 Å². The summed E-state index contributed by atoms with van der Waals surface area (Å²) in [5.74, 6) is 1.25. The minimum Gasteiger partial charge on any atom is -0.494 e.